The van der Waals surface area contributed by atoms with E-state index in [-0.39, 0.29) is 0 Å². The molecule has 1 aromatic rings. The molecule has 0 saturated heterocycles. The van der Waals surface area contributed by atoms with Crippen LogP contribution in [0, 0.1) is 17.8 Å². The number of benzene rings is 1. The first-order valence-electron chi connectivity index (χ1n) is 9.41. The Morgan fingerprint density at radius 3 is 1.96 bits per heavy atom. The molecule has 0 amide bonds. The maximum Gasteiger partial charge on any atom is 0.145 e. The van der Waals surface area contributed by atoms with Crippen molar-refractivity contribution >= 4 is 5.69 Å². The fourth-order valence-electron chi connectivity index (χ4n) is 5.87. The number of hydrogen-bond donors (Lipinski definition) is 2. The van der Waals surface area contributed by atoms with Crippen LogP contribution in [0.25, 0.3) is 0 Å². The number of rotatable bonds is 7. The van der Waals surface area contributed by atoms with Gasteiger partial charge in [-0.1, -0.05) is 6.07 Å². The SMILES string of the molecule is COc1cccc(OC)c1NCCNC12CC3CC(CC(C3)C1)C2. The lowest BCUT2D eigenvalue weighted by Crippen LogP contribution is -2.59. The van der Waals surface area contributed by atoms with Gasteiger partial charge in [0, 0.05) is 18.6 Å². The zero-order valence-corrected chi connectivity index (χ0v) is 14.9. The van der Waals surface area contributed by atoms with Crippen LogP contribution in [0.3, 0.4) is 0 Å². The molecule has 4 fully saturated rings. The molecule has 0 aliphatic heterocycles. The molecule has 0 radical (unpaired) electrons. The van der Waals surface area contributed by atoms with Crippen molar-refractivity contribution in [3.63, 3.8) is 0 Å². The lowest BCUT2D eigenvalue weighted by atomic mass is 9.53. The van der Waals surface area contributed by atoms with Crippen molar-refractivity contribution in [3.05, 3.63) is 18.2 Å². The lowest BCUT2D eigenvalue weighted by molar-refractivity contribution is -0.0188. The topological polar surface area (TPSA) is 42.5 Å². The highest BCUT2D eigenvalue weighted by Crippen LogP contribution is 2.55. The molecule has 2 N–H and O–H groups in total. The summed E-state index contributed by atoms with van der Waals surface area (Å²) in [6, 6.07) is 5.89. The van der Waals surface area contributed by atoms with Gasteiger partial charge in [0.25, 0.3) is 0 Å². The van der Waals surface area contributed by atoms with Crippen LogP contribution in [0.5, 0.6) is 11.5 Å². The van der Waals surface area contributed by atoms with Gasteiger partial charge in [-0.2, -0.15) is 0 Å². The third-order valence-electron chi connectivity index (χ3n) is 6.39. The van der Waals surface area contributed by atoms with Crippen LogP contribution in [0.1, 0.15) is 38.5 Å². The van der Waals surface area contributed by atoms with Gasteiger partial charge in [-0.15, -0.1) is 0 Å². The van der Waals surface area contributed by atoms with E-state index in [1.807, 2.05) is 18.2 Å². The fraction of sp³-hybridized carbons (Fsp3) is 0.700. The van der Waals surface area contributed by atoms with Gasteiger partial charge in [-0.25, -0.2) is 0 Å². The zero-order chi connectivity index (χ0) is 16.6. The first-order valence-corrected chi connectivity index (χ1v) is 9.41. The Balaban J connectivity index is 1.34. The number of nitrogens with one attached hydrogen (secondary N) is 2. The van der Waals surface area contributed by atoms with Crippen LogP contribution in [0.4, 0.5) is 5.69 Å². The van der Waals surface area contributed by atoms with E-state index >= 15 is 0 Å². The first-order chi connectivity index (χ1) is 11.7. The van der Waals surface area contributed by atoms with E-state index in [0.717, 1.165) is 48.0 Å². The number of ether oxygens (including phenoxy) is 2. The smallest absolute Gasteiger partial charge is 0.145 e. The van der Waals surface area contributed by atoms with Crippen LogP contribution >= 0.6 is 0 Å². The Kier molecular flexibility index (Phi) is 4.33. The van der Waals surface area contributed by atoms with Gasteiger partial charge in [-0.05, 0) is 68.4 Å². The highest BCUT2D eigenvalue weighted by molar-refractivity contribution is 5.66. The first kappa shape index (κ1) is 16.1. The molecule has 0 atom stereocenters. The van der Waals surface area contributed by atoms with Crippen molar-refractivity contribution in [2.45, 2.75) is 44.1 Å². The minimum Gasteiger partial charge on any atom is -0.494 e. The van der Waals surface area contributed by atoms with Crippen molar-refractivity contribution in [2.24, 2.45) is 17.8 Å². The summed E-state index contributed by atoms with van der Waals surface area (Å²) in [5.74, 6) is 4.65. The maximum atomic E-state index is 5.46. The molecular weight excluding hydrogens is 300 g/mol. The van der Waals surface area contributed by atoms with Crippen LogP contribution in [0.2, 0.25) is 0 Å². The molecule has 1 aromatic carbocycles. The second-order valence-corrected chi connectivity index (χ2v) is 8.09. The van der Waals surface area contributed by atoms with Crippen LogP contribution < -0.4 is 20.1 Å². The third kappa shape index (κ3) is 2.97. The van der Waals surface area contributed by atoms with E-state index in [9.17, 15) is 0 Å². The van der Waals surface area contributed by atoms with Gasteiger partial charge in [0.1, 0.15) is 17.2 Å². The molecule has 4 heteroatoms. The number of para-hydroxylation sites is 1. The number of methoxy groups -OCH3 is 2. The molecule has 5 rings (SSSR count). The van der Waals surface area contributed by atoms with Gasteiger partial charge in [-0.3, -0.25) is 0 Å². The van der Waals surface area contributed by atoms with Crippen molar-refractivity contribution in [3.8, 4) is 11.5 Å². The van der Waals surface area contributed by atoms with Gasteiger partial charge < -0.3 is 20.1 Å². The molecule has 4 saturated carbocycles. The van der Waals surface area contributed by atoms with E-state index in [1.165, 1.54) is 38.5 Å². The van der Waals surface area contributed by atoms with Crippen molar-refractivity contribution < 1.29 is 9.47 Å². The van der Waals surface area contributed by atoms with E-state index in [1.54, 1.807) is 14.2 Å². The minimum atomic E-state index is 0.432. The average Bonchev–Trinajstić information content (AvgIpc) is 2.57. The highest BCUT2D eigenvalue weighted by atomic mass is 16.5. The molecule has 0 heterocycles. The summed E-state index contributed by atoms with van der Waals surface area (Å²) in [5.41, 5.74) is 1.39. The van der Waals surface area contributed by atoms with Gasteiger partial charge >= 0.3 is 0 Å². The summed E-state index contributed by atoms with van der Waals surface area (Å²) in [4.78, 5) is 0. The molecule has 24 heavy (non-hydrogen) atoms. The number of anilines is 1. The van der Waals surface area contributed by atoms with Gasteiger partial charge in [0.05, 0.1) is 14.2 Å². The maximum absolute atomic E-state index is 5.46. The van der Waals surface area contributed by atoms with E-state index < -0.39 is 0 Å². The van der Waals surface area contributed by atoms with E-state index in [0.29, 0.717) is 5.54 Å². The lowest BCUT2D eigenvalue weighted by Gasteiger charge is -2.57. The Hall–Kier alpha value is -1.42. The Morgan fingerprint density at radius 2 is 1.46 bits per heavy atom. The van der Waals surface area contributed by atoms with Gasteiger partial charge in [0.15, 0.2) is 0 Å². The molecule has 4 nitrogen and oxygen atoms in total. The quantitative estimate of drug-likeness (QED) is 0.749. The summed E-state index contributed by atoms with van der Waals surface area (Å²) < 4.78 is 10.9. The third-order valence-corrected chi connectivity index (χ3v) is 6.39. The summed E-state index contributed by atoms with van der Waals surface area (Å²) >= 11 is 0. The largest absolute Gasteiger partial charge is 0.494 e. The Labute approximate surface area is 145 Å². The number of hydrogen-bond acceptors (Lipinski definition) is 4. The summed E-state index contributed by atoms with van der Waals surface area (Å²) in [6.07, 6.45) is 8.69. The minimum absolute atomic E-state index is 0.432. The van der Waals surface area contributed by atoms with E-state index in [4.69, 9.17) is 9.47 Å². The molecule has 4 aliphatic rings. The molecule has 4 aliphatic carbocycles. The van der Waals surface area contributed by atoms with Crippen molar-refractivity contribution in [2.75, 3.05) is 32.6 Å². The van der Waals surface area contributed by atoms with Crippen LogP contribution in [-0.2, 0) is 0 Å². The molecule has 0 unspecified atom stereocenters. The predicted octanol–water partition coefficient (Wildman–Crippen LogP) is 3.67. The summed E-state index contributed by atoms with van der Waals surface area (Å²) in [6.45, 7) is 1.88. The molecule has 0 aromatic heterocycles. The van der Waals surface area contributed by atoms with Crippen molar-refractivity contribution in [1.29, 1.82) is 0 Å². The molecule has 4 bridgehead atoms. The summed E-state index contributed by atoms with van der Waals surface area (Å²) in [5, 5.41) is 7.43. The average molecular weight is 330 g/mol. The Bertz CT molecular complexity index is 529. The summed E-state index contributed by atoms with van der Waals surface area (Å²) in [7, 11) is 3.40. The standard InChI is InChI=1S/C20H30N2O2/c1-23-17-4-3-5-18(24-2)19(17)21-6-7-22-20-11-14-8-15(12-20)10-16(9-14)13-20/h3-5,14-16,21-22H,6-13H2,1-2H3. The van der Waals surface area contributed by atoms with E-state index in [2.05, 4.69) is 10.6 Å². The van der Waals surface area contributed by atoms with Gasteiger partial charge in [0.2, 0.25) is 0 Å². The monoisotopic (exact) mass is 330 g/mol. The normalized spacial score (nSPS) is 33.5. The Morgan fingerprint density at radius 1 is 0.917 bits per heavy atom. The van der Waals surface area contributed by atoms with Crippen molar-refractivity contribution in [1.82, 2.24) is 5.32 Å². The highest BCUT2D eigenvalue weighted by Gasteiger charge is 2.50. The molecular formula is C20H30N2O2. The fourth-order valence-corrected chi connectivity index (χ4v) is 5.87. The molecule has 132 valence electrons. The predicted molar refractivity (Wildman–Crippen MR) is 96.9 cm³/mol. The zero-order valence-electron chi connectivity index (χ0n) is 14.9. The van der Waals surface area contributed by atoms with Crippen LogP contribution in [0.15, 0.2) is 18.2 Å². The van der Waals surface area contributed by atoms with Crippen LogP contribution in [-0.4, -0.2) is 32.8 Å². The second kappa shape index (κ2) is 6.47. The second-order valence-electron chi connectivity index (χ2n) is 8.09. The molecule has 0 spiro atoms.